The third-order valence-corrected chi connectivity index (χ3v) is 6.81. The van der Waals surface area contributed by atoms with Crippen LogP contribution in [0.2, 0.25) is 5.02 Å². The van der Waals surface area contributed by atoms with Gasteiger partial charge in [-0.05, 0) is 80.0 Å². The highest BCUT2D eigenvalue weighted by Crippen LogP contribution is 2.20. The van der Waals surface area contributed by atoms with Gasteiger partial charge in [0.1, 0.15) is 0 Å². The van der Waals surface area contributed by atoms with Crippen LogP contribution in [0.3, 0.4) is 0 Å². The summed E-state index contributed by atoms with van der Waals surface area (Å²) < 4.78 is 0. The lowest BCUT2D eigenvalue weighted by Crippen LogP contribution is -3.12. The summed E-state index contributed by atoms with van der Waals surface area (Å²) in [5.41, 5.74) is 2.06. The van der Waals surface area contributed by atoms with Gasteiger partial charge in [-0.1, -0.05) is 17.7 Å². The molecule has 1 fully saturated rings. The first-order valence-electron chi connectivity index (χ1n) is 9.80. The van der Waals surface area contributed by atoms with Gasteiger partial charge in [0.15, 0.2) is 5.11 Å². The van der Waals surface area contributed by atoms with Crippen LogP contribution in [0.15, 0.2) is 35.7 Å². The maximum absolute atomic E-state index is 6.15. The van der Waals surface area contributed by atoms with Crippen molar-refractivity contribution in [2.45, 2.75) is 39.2 Å². The van der Waals surface area contributed by atoms with E-state index in [4.69, 9.17) is 23.8 Å². The predicted octanol–water partition coefficient (Wildman–Crippen LogP) is 4.37. The molecule has 146 valence electrons. The third-order valence-electron chi connectivity index (χ3n) is 5.17. The second-order valence-corrected chi connectivity index (χ2v) is 9.14. The molecule has 0 saturated carbocycles. The Hall–Kier alpha value is -1.14. The van der Waals surface area contributed by atoms with Crippen molar-refractivity contribution in [2.75, 3.05) is 31.5 Å². The normalized spacial score (nSPS) is 15.3. The molecule has 0 atom stereocenters. The van der Waals surface area contributed by atoms with Crippen molar-refractivity contribution in [3.8, 4) is 0 Å². The number of halogens is 1. The van der Waals surface area contributed by atoms with E-state index in [2.05, 4.69) is 33.8 Å². The van der Waals surface area contributed by atoms with Crippen LogP contribution in [0.25, 0.3) is 0 Å². The summed E-state index contributed by atoms with van der Waals surface area (Å²) in [5.74, 6) is 0. The number of likely N-dealkylation sites (tertiary alicyclic amines) is 1. The smallest absolute Gasteiger partial charge is 0.173 e. The molecular weight excluding hydrogens is 394 g/mol. The van der Waals surface area contributed by atoms with Crippen LogP contribution in [0.4, 0.5) is 5.69 Å². The minimum atomic E-state index is 0.784. The quantitative estimate of drug-likeness (QED) is 0.674. The number of thiocarbonyl (C=S) groups is 1. The van der Waals surface area contributed by atoms with Gasteiger partial charge in [-0.15, -0.1) is 11.3 Å². The zero-order chi connectivity index (χ0) is 19.1. The minimum absolute atomic E-state index is 0.784. The van der Waals surface area contributed by atoms with E-state index in [1.807, 2.05) is 19.1 Å². The Kier molecular flexibility index (Phi) is 7.94. The highest BCUT2D eigenvalue weighted by molar-refractivity contribution is 7.80. The SMILES string of the molecule is Cc1cc(NC(=S)N(CC[NH+]2CCCCCC2)Cc2cccs2)ccc1Cl. The Morgan fingerprint density at radius 3 is 2.67 bits per heavy atom. The van der Waals surface area contributed by atoms with Gasteiger partial charge in [0.2, 0.25) is 0 Å². The third kappa shape index (κ3) is 6.46. The molecule has 0 unspecified atom stereocenters. The number of benzene rings is 1. The molecule has 1 aromatic heterocycles. The van der Waals surface area contributed by atoms with Gasteiger partial charge >= 0.3 is 0 Å². The summed E-state index contributed by atoms with van der Waals surface area (Å²) in [5, 5.41) is 7.12. The van der Waals surface area contributed by atoms with E-state index < -0.39 is 0 Å². The van der Waals surface area contributed by atoms with Crippen LogP contribution in [0.5, 0.6) is 0 Å². The molecule has 2 aromatic rings. The van der Waals surface area contributed by atoms with E-state index in [1.54, 1.807) is 16.2 Å². The Morgan fingerprint density at radius 2 is 2.00 bits per heavy atom. The molecular formula is C21H29ClN3S2+. The fourth-order valence-electron chi connectivity index (χ4n) is 3.54. The van der Waals surface area contributed by atoms with E-state index in [1.165, 1.54) is 43.6 Å². The lowest BCUT2D eigenvalue weighted by atomic mass is 10.2. The first kappa shape index (κ1) is 20.6. The van der Waals surface area contributed by atoms with E-state index in [0.717, 1.165) is 41.0 Å². The topological polar surface area (TPSA) is 19.7 Å². The summed E-state index contributed by atoms with van der Waals surface area (Å²) in [4.78, 5) is 5.37. The zero-order valence-electron chi connectivity index (χ0n) is 16.0. The number of thiophene rings is 1. The molecule has 1 aliphatic heterocycles. The summed E-state index contributed by atoms with van der Waals surface area (Å²) in [6.07, 6.45) is 5.48. The van der Waals surface area contributed by atoms with Crippen LogP contribution in [-0.2, 0) is 6.54 Å². The lowest BCUT2D eigenvalue weighted by molar-refractivity contribution is -0.898. The van der Waals surface area contributed by atoms with Crippen LogP contribution in [0.1, 0.15) is 36.1 Å². The second kappa shape index (κ2) is 10.4. The largest absolute Gasteiger partial charge is 0.338 e. The number of rotatable bonds is 6. The van der Waals surface area contributed by atoms with Gasteiger partial charge in [0, 0.05) is 15.6 Å². The van der Waals surface area contributed by atoms with Gasteiger partial charge in [-0.3, -0.25) is 0 Å². The highest BCUT2D eigenvalue weighted by atomic mass is 35.5. The van der Waals surface area contributed by atoms with Gasteiger partial charge in [0.05, 0.1) is 32.7 Å². The number of hydrogen-bond acceptors (Lipinski definition) is 2. The Labute approximate surface area is 177 Å². The van der Waals surface area contributed by atoms with Crippen molar-refractivity contribution in [3.63, 3.8) is 0 Å². The van der Waals surface area contributed by atoms with Crippen LogP contribution >= 0.6 is 35.2 Å². The maximum atomic E-state index is 6.15. The number of nitrogens with one attached hydrogen (secondary N) is 2. The van der Waals surface area contributed by atoms with Crippen LogP contribution < -0.4 is 10.2 Å². The zero-order valence-corrected chi connectivity index (χ0v) is 18.4. The fourth-order valence-corrected chi connectivity index (χ4v) is 4.65. The van der Waals surface area contributed by atoms with Gasteiger partial charge in [-0.25, -0.2) is 0 Å². The molecule has 2 heterocycles. The maximum Gasteiger partial charge on any atom is 0.173 e. The highest BCUT2D eigenvalue weighted by Gasteiger charge is 2.17. The summed E-state index contributed by atoms with van der Waals surface area (Å²) >= 11 is 13.7. The number of aryl methyl sites for hydroxylation is 1. The first-order valence-corrected chi connectivity index (χ1v) is 11.5. The van der Waals surface area contributed by atoms with E-state index in [-0.39, 0.29) is 0 Å². The van der Waals surface area contributed by atoms with E-state index in [9.17, 15) is 0 Å². The molecule has 0 aliphatic carbocycles. The molecule has 1 aliphatic rings. The van der Waals surface area contributed by atoms with Crippen molar-refractivity contribution in [1.29, 1.82) is 0 Å². The lowest BCUT2D eigenvalue weighted by Gasteiger charge is -2.27. The number of quaternary nitrogens is 1. The van der Waals surface area contributed by atoms with Crippen molar-refractivity contribution in [1.82, 2.24) is 4.90 Å². The molecule has 1 saturated heterocycles. The number of nitrogens with zero attached hydrogens (tertiary/aromatic N) is 1. The number of hydrogen-bond donors (Lipinski definition) is 2. The van der Waals surface area contributed by atoms with Crippen molar-refractivity contribution in [3.05, 3.63) is 51.2 Å². The standard InChI is InChI=1S/C21H28ClN3S2/c1-17-15-18(8-9-20(17)22)23-21(26)25(16-19-7-6-14-27-19)13-12-24-10-4-2-3-5-11-24/h6-9,14-15H,2-5,10-13,16H2,1H3,(H,23,26)/p+1. The molecule has 1 aromatic carbocycles. The van der Waals surface area contributed by atoms with Crippen molar-refractivity contribution in [2.24, 2.45) is 0 Å². The molecule has 2 N–H and O–H groups in total. The Bertz CT molecular complexity index is 725. The van der Waals surface area contributed by atoms with Gasteiger partial charge in [0.25, 0.3) is 0 Å². The summed E-state index contributed by atoms with van der Waals surface area (Å²) in [7, 11) is 0. The predicted molar refractivity (Wildman–Crippen MR) is 121 cm³/mol. The van der Waals surface area contributed by atoms with Crippen molar-refractivity contribution < 1.29 is 4.90 Å². The molecule has 0 spiro atoms. The minimum Gasteiger partial charge on any atom is -0.338 e. The fraction of sp³-hybridized carbons (Fsp3) is 0.476. The molecule has 27 heavy (non-hydrogen) atoms. The van der Waals surface area contributed by atoms with Crippen LogP contribution in [0, 0.1) is 6.92 Å². The average Bonchev–Trinajstić information content (AvgIpc) is 3.03. The molecule has 3 nitrogen and oxygen atoms in total. The molecule has 0 radical (unpaired) electrons. The van der Waals surface area contributed by atoms with Crippen LogP contribution in [-0.4, -0.2) is 36.2 Å². The van der Waals surface area contributed by atoms with E-state index in [0.29, 0.717) is 0 Å². The number of anilines is 1. The molecule has 6 heteroatoms. The van der Waals surface area contributed by atoms with Gasteiger partial charge in [-0.2, -0.15) is 0 Å². The molecule has 0 amide bonds. The summed E-state index contributed by atoms with van der Waals surface area (Å²) in [6, 6.07) is 10.3. The Morgan fingerprint density at radius 1 is 1.22 bits per heavy atom. The molecule has 0 bridgehead atoms. The average molecular weight is 423 g/mol. The van der Waals surface area contributed by atoms with Gasteiger partial charge < -0.3 is 15.1 Å². The Balaban J connectivity index is 1.64. The summed E-state index contributed by atoms with van der Waals surface area (Å²) in [6.45, 7) is 7.59. The second-order valence-electron chi connectivity index (χ2n) is 7.31. The first-order chi connectivity index (χ1) is 13.1. The van der Waals surface area contributed by atoms with Crippen molar-refractivity contribution >= 4 is 46.0 Å². The van der Waals surface area contributed by atoms with E-state index >= 15 is 0 Å². The molecule has 3 rings (SSSR count). The monoisotopic (exact) mass is 422 g/mol.